The van der Waals surface area contributed by atoms with Crippen LogP contribution >= 0.6 is 0 Å². The summed E-state index contributed by atoms with van der Waals surface area (Å²) in [5, 5.41) is 12.3. The van der Waals surface area contributed by atoms with E-state index in [0.717, 1.165) is 5.56 Å². The maximum atomic E-state index is 11.9. The van der Waals surface area contributed by atoms with E-state index in [0.29, 0.717) is 24.3 Å². The number of carbonyl (C=O) groups excluding carboxylic acids is 2. The number of nitrogens with one attached hydrogen (secondary N) is 1. The highest BCUT2D eigenvalue weighted by atomic mass is 16.5. The number of benzene rings is 2. The lowest BCUT2D eigenvalue weighted by Gasteiger charge is -2.15. The number of nitrogens with two attached hydrogens (primary N) is 1. The molecule has 0 unspecified atom stereocenters. The first-order chi connectivity index (χ1) is 12.5. The number of amides is 2. The van der Waals surface area contributed by atoms with Gasteiger partial charge in [-0.1, -0.05) is 29.8 Å². The van der Waals surface area contributed by atoms with E-state index in [9.17, 15) is 14.7 Å². The Bertz CT molecular complexity index is 726. The molecule has 138 valence electrons. The molecule has 0 saturated carbocycles. The highest BCUT2D eigenvalue weighted by molar-refractivity contribution is 5.92. The standard InChI is InChI=1S/C20H24N2O4/c1-14-2-4-15(5-3-14)10-16(12-23)11-22-19(24)13-26-18-8-6-17(7-9-18)20(21)25/h2-9,16,23H,10-13H2,1H3,(H2,21,25)(H,22,24)/t16-/m1/s1. The van der Waals surface area contributed by atoms with E-state index in [-0.39, 0.29) is 25.0 Å². The summed E-state index contributed by atoms with van der Waals surface area (Å²) in [6, 6.07) is 14.4. The Hall–Kier alpha value is -2.86. The average Bonchev–Trinajstić information content (AvgIpc) is 2.65. The van der Waals surface area contributed by atoms with Crippen LogP contribution in [0.4, 0.5) is 0 Å². The summed E-state index contributed by atoms with van der Waals surface area (Å²) < 4.78 is 5.37. The fourth-order valence-electron chi connectivity index (χ4n) is 2.43. The van der Waals surface area contributed by atoms with Gasteiger partial charge < -0.3 is 20.9 Å². The second-order valence-corrected chi connectivity index (χ2v) is 6.22. The maximum absolute atomic E-state index is 11.9. The van der Waals surface area contributed by atoms with Gasteiger partial charge in [-0.25, -0.2) is 0 Å². The Morgan fingerprint density at radius 2 is 1.77 bits per heavy atom. The zero-order valence-electron chi connectivity index (χ0n) is 14.8. The molecular weight excluding hydrogens is 332 g/mol. The molecule has 2 amide bonds. The third kappa shape index (κ3) is 6.22. The summed E-state index contributed by atoms with van der Waals surface area (Å²) in [7, 11) is 0. The van der Waals surface area contributed by atoms with Crippen molar-refractivity contribution in [2.24, 2.45) is 11.7 Å². The second-order valence-electron chi connectivity index (χ2n) is 6.22. The van der Waals surface area contributed by atoms with Crippen molar-refractivity contribution >= 4 is 11.8 Å². The molecule has 2 rings (SSSR count). The summed E-state index contributed by atoms with van der Waals surface area (Å²) in [6.45, 7) is 2.24. The van der Waals surface area contributed by atoms with Gasteiger partial charge >= 0.3 is 0 Å². The fourth-order valence-corrected chi connectivity index (χ4v) is 2.43. The molecule has 0 spiro atoms. The Balaban J connectivity index is 1.75. The number of carbonyl (C=O) groups is 2. The van der Waals surface area contributed by atoms with Crippen molar-refractivity contribution in [1.82, 2.24) is 5.32 Å². The molecule has 0 heterocycles. The normalized spacial score (nSPS) is 11.6. The van der Waals surface area contributed by atoms with Crippen molar-refractivity contribution in [1.29, 1.82) is 0 Å². The molecule has 1 atom stereocenters. The fraction of sp³-hybridized carbons (Fsp3) is 0.300. The van der Waals surface area contributed by atoms with Crippen molar-refractivity contribution in [3.8, 4) is 5.75 Å². The first-order valence-corrected chi connectivity index (χ1v) is 8.43. The molecule has 0 aromatic heterocycles. The molecule has 0 radical (unpaired) electrons. The van der Waals surface area contributed by atoms with Gasteiger partial charge in [0.25, 0.3) is 5.91 Å². The van der Waals surface area contributed by atoms with E-state index < -0.39 is 5.91 Å². The van der Waals surface area contributed by atoms with Gasteiger partial charge in [0.2, 0.25) is 5.91 Å². The van der Waals surface area contributed by atoms with E-state index in [1.54, 1.807) is 24.3 Å². The third-order valence-electron chi connectivity index (χ3n) is 4.00. The predicted molar refractivity (Wildman–Crippen MR) is 98.9 cm³/mol. The zero-order chi connectivity index (χ0) is 18.9. The molecular formula is C20H24N2O4. The molecule has 4 N–H and O–H groups in total. The highest BCUT2D eigenvalue weighted by Crippen LogP contribution is 2.12. The van der Waals surface area contributed by atoms with Crippen LogP contribution in [0, 0.1) is 12.8 Å². The second kappa shape index (κ2) is 9.58. The van der Waals surface area contributed by atoms with E-state index in [1.165, 1.54) is 5.56 Å². The van der Waals surface area contributed by atoms with Crippen LogP contribution in [0.25, 0.3) is 0 Å². The monoisotopic (exact) mass is 356 g/mol. The van der Waals surface area contributed by atoms with Gasteiger partial charge in [-0.15, -0.1) is 0 Å². The van der Waals surface area contributed by atoms with Crippen LogP contribution < -0.4 is 15.8 Å². The molecule has 2 aromatic carbocycles. The van der Waals surface area contributed by atoms with E-state index in [4.69, 9.17) is 10.5 Å². The molecule has 0 aliphatic carbocycles. The summed E-state index contributed by atoms with van der Waals surface area (Å²) in [5.74, 6) is -0.371. The third-order valence-corrected chi connectivity index (χ3v) is 4.00. The number of rotatable bonds is 9. The van der Waals surface area contributed by atoms with Crippen LogP contribution in [0.3, 0.4) is 0 Å². The van der Waals surface area contributed by atoms with Crippen molar-refractivity contribution < 1.29 is 19.4 Å². The van der Waals surface area contributed by atoms with E-state index in [1.807, 2.05) is 31.2 Å². The topological polar surface area (TPSA) is 102 Å². The van der Waals surface area contributed by atoms with E-state index >= 15 is 0 Å². The van der Waals surface area contributed by atoms with Crippen LogP contribution in [-0.4, -0.2) is 36.7 Å². The van der Waals surface area contributed by atoms with E-state index in [2.05, 4.69) is 5.32 Å². The van der Waals surface area contributed by atoms with Gasteiger partial charge in [0, 0.05) is 24.6 Å². The Labute approximate surface area is 153 Å². The summed E-state index contributed by atoms with van der Waals surface area (Å²) in [5.41, 5.74) is 7.85. The van der Waals surface area contributed by atoms with Crippen LogP contribution in [0.1, 0.15) is 21.5 Å². The highest BCUT2D eigenvalue weighted by Gasteiger charge is 2.11. The summed E-state index contributed by atoms with van der Waals surface area (Å²) in [6.07, 6.45) is 0.687. The number of primary amides is 1. The molecule has 2 aromatic rings. The van der Waals surface area contributed by atoms with Gasteiger partial charge in [-0.2, -0.15) is 0 Å². The Kier molecular flexibility index (Phi) is 7.17. The molecule has 0 fully saturated rings. The lowest BCUT2D eigenvalue weighted by atomic mass is 9.99. The predicted octanol–water partition coefficient (Wildman–Crippen LogP) is 1.44. The average molecular weight is 356 g/mol. The number of aryl methyl sites for hydroxylation is 1. The molecule has 6 nitrogen and oxygen atoms in total. The number of aliphatic hydroxyl groups excluding tert-OH is 1. The first kappa shape index (κ1) is 19.5. The number of aliphatic hydroxyl groups is 1. The minimum absolute atomic E-state index is 0.0103. The van der Waals surface area contributed by atoms with Crippen LogP contribution in [0.2, 0.25) is 0 Å². The number of ether oxygens (including phenoxy) is 1. The summed E-state index contributed by atoms with van der Waals surface area (Å²) >= 11 is 0. The van der Waals surface area contributed by atoms with Gasteiger partial charge in [-0.05, 0) is 43.2 Å². The molecule has 0 aliphatic rings. The quantitative estimate of drug-likeness (QED) is 0.633. The molecule has 0 saturated heterocycles. The molecule has 26 heavy (non-hydrogen) atoms. The molecule has 0 aliphatic heterocycles. The maximum Gasteiger partial charge on any atom is 0.257 e. The number of hydrogen-bond donors (Lipinski definition) is 3. The first-order valence-electron chi connectivity index (χ1n) is 8.43. The largest absolute Gasteiger partial charge is 0.484 e. The smallest absolute Gasteiger partial charge is 0.257 e. The van der Waals surface area contributed by atoms with Crippen molar-refractivity contribution in [3.05, 3.63) is 65.2 Å². The Morgan fingerprint density at radius 3 is 2.35 bits per heavy atom. The van der Waals surface area contributed by atoms with Gasteiger partial charge in [0.05, 0.1) is 0 Å². The van der Waals surface area contributed by atoms with Crippen molar-refractivity contribution in [2.45, 2.75) is 13.3 Å². The van der Waals surface area contributed by atoms with Crippen LogP contribution in [-0.2, 0) is 11.2 Å². The SMILES string of the molecule is Cc1ccc(C[C@@H](CO)CNC(=O)COc2ccc(C(N)=O)cc2)cc1. The number of hydrogen-bond acceptors (Lipinski definition) is 4. The van der Waals surface area contributed by atoms with Crippen LogP contribution in [0.15, 0.2) is 48.5 Å². The minimum Gasteiger partial charge on any atom is -0.484 e. The lowest BCUT2D eigenvalue weighted by molar-refractivity contribution is -0.123. The lowest BCUT2D eigenvalue weighted by Crippen LogP contribution is -2.35. The molecule has 6 heteroatoms. The van der Waals surface area contributed by atoms with Crippen LogP contribution in [0.5, 0.6) is 5.75 Å². The molecule has 0 bridgehead atoms. The van der Waals surface area contributed by atoms with Crippen molar-refractivity contribution in [2.75, 3.05) is 19.8 Å². The van der Waals surface area contributed by atoms with Crippen molar-refractivity contribution in [3.63, 3.8) is 0 Å². The van der Waals surface area contributed by atoms with Gasteiger partial charge in [0.15, 0.2) is 6.61 Å². The summed E-state index contributed by atoms with van der Waals surface area (Å²) in [4.78, 5) is 22.9. The Morgan fingerprint density at radius 1 is 1.12 bits per heavy atom. The zero-order valence-corrected chi connectivity index (χ0v) is 14.8. The minimum atomic E-state index is -0.516. The van der Waals surface area contributed by atoms with Gasteiger partial charge in [0.1, 0.15) is 5.75 Å². The van der Waals surface area contributed by atoms with Gasteiger partial charge in [-0.3, -0.25) is 9.59 Å².